The number of hydrogen-bond donors (Lipinski definition) is 1. The quantitative estimate of drug-likeness (QED) is 0.586. The van der Waals surface area contributed by atoms with Gasteiger partial charge in [-0.3, -0.25) is 9.59 Å². The number of ketones is 1. The van der Waals surface area contributed by atoms with Crippen LogP contribution in [-0.2, 0) is 19.1 Å². The highest BCUT2D eigenvalue weighted by Gasteiger charge is 2.17. The summed E-state index contributed by atoms with van der Waals surface area (Å²) in [6.45, 7) is 2.75. The molecule has 5 heteroatoms. The van der Waals surface area contributed by atoms with Crippen LogP contribution in [0.5, 0.6) is 0 Å². The zero-order chi connectivity index (χ0) is 11.0. The third-order valence-electron chi connectivity index (χ3n) is 1.56. The summed E-state index contributed by atoms with van der Waals surface area (Å²) in [7, 11) is 0. The van der Waals surface area contributed by atoms with Crippen LogP contribution in [0.15, 0.2) is 0 Å². The van der Waals surface area contributed by atoms with E-state index >= 15 is 0 Å². The van der Waals surface area contributed by atoms with Crippen LogP contribution >= 0.6 is 0 Å². The van der Waals surface area contributed by atoms with Gasteiger partial charge in [0.15, 0.2) is 12.4 Å². The van der Waals surface area contributed by atoms with Gasteiger partial charge in [-0.1, -0.05) is 6.92 Å². The number of esters is 1. The molecule has 1 unspecified atom stereocenters. The smallest absolute Gasteiger partial charge is 0.303 e. The molecule has 0 spiro atoms. The van der Waals surface area contributed by atoms with Crippen molar-refractivity contribution in [1.29, 1.82) is 0 Å². The van der Waals surface area contributed by atoms with Gasteiger partial charge in [0.05, 0.1) is 13.2 Å². The van der Waals surface area contributed by atoms with Gasteiger partial charge in [0.25, 0.3) is 0 Å². The largest absolute Gasteiger partial charge is 0.458 e. The summed E-state index contributed by atoms with van der Waals surface area (Å²) in [5.41, 5.74) is 0. The molecule has 0 aromatic rings. The lowest BCUT2D eigenvalue weighted by Crippen LogP contribution is -2.29. The monoisotopic (exact) mass is 204 g/mol. The number of Topliss-reactive ketones (excluding diaryl/α,β-unsaturated/α-hetero) is 1. The Balaban J connectivity index is 3.85. The van der Waals surface area contributed by atoms with Gasteiger partial charge in [-0.15, -0.1) is 0 Å². The van der Waals surface area contributed by atoms with Crippen molar-refractivity contribution in [3.63, 3.8) is 0 Å². The predicted octanol–water partition coefficient (Wildman–Crippen LogP) is -0.0939. The Hall–Kier alpha value is -0.940. The zero-order valence-electron chi connectivity index (χ0n) is 8.49. The van der Waals surface area contributed by atoms with E-state index in [9.17, 15) is 9.59 Å². The maximum Gasteiger partial charge on any atom is 0.303 e. The molecule has 0 radical (unpaired) electrons. The first-order valence-corrected chi connectivity index (χ1v) is 4.50. The van der Waals surface area contributed by atoms with Gasteiger partial charge in [-0.25, -0.2) is 0 Å². The molecular formula is C9H16O5. The van der Waals surface area contributed by atoms with E-state index in [1.807, 2.05) is 0 Å². The highest BCUT2D eigenvalue weighted by Crippen LogP contribution is 2.00. The van der Waals surface area contributed by atoms with Crippen LogP contribution in [0.3, 0.4) is 0 Å². The summed E-state index contributed by atoms with van der Waals surface area (Å²) in [5, 5.41) is 8.49. The van der Waals surface area contributed by atoms with Gasteiger partial charge in [0, 0.05) is 6.92 Å². The van der Waals surface area contributed by atoms with E-state index < -0.39 is 12.1 Å². The molecule has 1 N–H and O–H groups in total. The number of rotatable bonds is 7. The van der Waals surface area contributed by atoms with Crippen LogP contribution in [0.1, 0.15) is 20.3 Å². The Morgan fingerprint density at radius 2 is 2.07 bits per heavy atom. The van der Waals surface area contributed by atoms with Crippen molar-refractivity contribution >= 4 is 11.8 Å². The maximum absolute atomic E-state index is 11.3. The van der Waals surface area contributed by atoms with Crippen molar-refractivity contribution in [2.45, 2.75) is 26.4 Å². The van der Waals surface area contributed by atoms with Crippen molar-refractivity contribution in [3.05, 3.63) is 0 Å². The van der Waals surface area contributed by atoms with Crippen LogP contribution in [0, 0.1) is 0 Å². The molecule has 0 fully saturated rings. The molecule has 0 aromatic heterocycles. The molecule has 0 saturated heterocycles. The normalized spacial score (nSPS) is 12.2. The van der Waals surface area contributed by atoms with Gasteiger partial charge in [0.1, 0.15) is 6.10 Å². The summed E-state index contributed by atoms with van der Waals surface area (Å²) in [6, 6.07) is 0. The van der Waals surface area contributed by atoms with Crippen molar-refractivity contribution in [3.8, 4) is 0 Å². The minimum absolute atomic E-state index is 0.115. The minimum Gasteiger partial charge on any atom is -0.458 e. The Morgan fingerprint density at radius 1 is 1.43 bits per heavy atom. The van der Waals surface area contributed by atoms with Crippen molar-refractivity contribution in [2.75, 3.05) is 19.8 Å². The zero-order valence-corrected chi connectivity index (χ0v) is 8.49. The molecule has 0 heterocycles. The highest BCUT2D eigenvalue weighted by atomic mass is 16.5. The number of ether oxygens (including phenoxy) is 2. The first-order chi connectivity index (χ1) is 6.61. The first-order valence-electron chi connectivity index (χ1n) is 4.50. The third-order valence-corrected chi connectivity index (χ3v) is 1.56. The second kappa shape index (κ2) is 7.46. The Labute approximate surface area is 83.0 Å². The molecule has 0 saturated carbocycles. The van der Waals surface area contributed by atoms with Gasteiger partial charge in [0.2, 0.25) is 0 Å². The molecule has 0 rings (SSSR count). The third kappa shape index (κ3) is 5.66. The van der Waals surface area contributed by atoms with E-state index in [2.05, 4.69) is 4.74 Å². The standard InChI is InChI=1S/C9H16O5/c1-3-9(13-5-4-10)8(12)6-14-7(2)11/h9-10H,3-6H2,1-2H3. The number of aliphatic hydroxyl groups excluding tert-OH is 1. The average Bonchev–Trinajstić information content (AvgIpc) is 2.16. The fraction of sp³-hybridized carbons (Fsp3) is 0.778. The van der Waals surface area contributed by atoms with E-state index in [0.29, 0.717) is 6.42 Å². The molecule has 82 valence electrons. The molecular weight excluding hydrogens is 188 g/mol. The highest BCUT2D eigenvalue weighted by molar-refractivity contribution is 5.85. The number of carbonyl (C=O) groups excluding carboxylic acids is 2. The molecule has 0 aromatic carbocycles. The predicted molar refractivity (Wildman–Crippen MR) is 48.8 cm³/mol. The number of hydrogen-bond acceptors (Lipinski definition) is 5. The second-order valence-electron chi connectivity index (χ2n) is 2.74. The summed E-state index contributed by atoms with van der Waals surface area (Å²) in [5.74, 6) is -0.772. The van der Waals surface area contributed by atoms with Gasteiger partial charge >= 0.3 is 5.97 Å². The molecule has 0 aliphatic heterocycles. The lowest BCUT2D eigenvalue weighted by Gasteiger charge is -2.13. The summed E-state index contributed by atoms with van der Waals surface area (Å²) >= 11 is 0. The summed E-state index contributed by atoms with van der Waals surface area (Å²) < 4.78 is 9.58. The molecule has 14 heavy (non-hydrogen) atoms. The van der Waals surface area contributed by atoms with Crippen molar-refractivity contribution in [1.82, 2.24) is 0 Å². The maximum atomic E-state index is 11.3. The Morgan fingerprint density at radius 3 is 2.50 bits per heavy atom. The van der Waals surface area contributed by atoms with Crippen molar-refractivity contribution in [2.24, 2.45) is 0 Å². The lowest BCUT2D eigenvalue weighted by atomic mass is 10.2. The first kappa shape index (κ1) is 13.1. The Kier molecular flexibility index (Phi) is 6.96. The van der Waals surface area contributed by atoms with E-state index in [1.165, 1.54) is 6.92 Å². The molecule has 5 nitrogen and oxygen atoms in total. The number of aliphatic hydroxyl groups is 1. The van der Waals surface area contributed by atoms with Crippen LogP contribution in [0.2, 0.25) is 0 Å². The van der Waals surface area contributed by atoms with Crippen LogP contribution in [-0.4, -0.2) is 42.8 Å². The van der Waals surface area contributed by atoms with E-state index in [1.54, 1.807) is 6.92 Å². The molecule has 0 aliphatic carbocycles. The van der Waals surface area contributed by atoms with Crippen LogP contribution in [0.25, 0.3) is 0 Å². The van der Waals surface area contributed by atoms with Gasteiger partial charge in [-0.05, 0) is 6.42 Å². The topological polar surface area (TPSA) is 72.8 Å². The molecule has 0 amide bonds. The van der Waals surface area contributed by atoms with Gasteiger partial charge in [-0.2, -0.15) is 0 Å². The average molecular weight is 204 g/mol. The molecule has 0 aliphatic rings. The van der Waals surface area contributed by atoms with E-state index in [0.717, 1.165) is 0 Å². The van der Waals surface area contributed by atoms with E-state index in [-0.39, 0.29) is 25.6 Å². The summed E-state index contributed by atoms with van der Waals surface area (Å²) in [4.78, 5) is 21.7. The fourth-order valence-electron chi connectivity index (χ4n) is 0.899. The lowest BCUT2D eigenvalue weighted by molar-refractivity contribution is -0.149. The van der Waals surface area contributed by atoms with E-state index in [4.69, 9.17) is 9.84 Å². The second-order valence-corrected chi connectivity index (χ2v) is 2.74. The van der Waals surface area contributed by atoms with Crippen molar-refractivity contribution < 1.29 is 24.2 Å². The van der Waals surface area contributed by atoms with Crippen LogP contribution < -0.4 is 0 Å². The number of carbonyl (C=O) groups is 2. The Bertz CT molecular complexity index is 190. The van der Waals surface area contributed by atoms with Crippen LogP contribution in [0.4, 0.5) is 0 Å². The summed E-state index contributed by atoms with van der Waals surface area (Å²) in [6.07, 6.45) is -0.0957. The SMILES string of the molecule is CCC(OCCO)C(=O)COC(C)=O. The fourth-order valence-corrected chi connectivity index (χ4v) is 0.899. The molecule has 0 bridgehead atoms. The minimum atomic E-state index is -0.596. The molecule has 1 atom stereocenters. The van der Waals surface area contributed by atoms with Gasteiger partial charge < -0.3 is 14.6 Å².